The summed E-state index contributed by atoms with van der Waals surface area (Å²) in [5.74, 6) is 0. The molecule has 1 aliphatic rings. The van der Waals surface area contributed by atoms with Gasteiger partial charge < -0.3 is 5.21 Å². The topological polar surface area (TPSA) is 32.6 Å². The Balaban J connectivity index is 2.63. The summed E-state index contributed by atoms with van der Waals surface area (Å²) in [5.41, 5.74) is 0.599. The van der Waals surface area contributed by atoms with Gasteiger partial charge in [-0.15, -0.1) is 0 Å². The van der Waals surface area contributed by atoms with Crippen molar-refractivity contribution < 1.29 is 5.21 Å². The van der Waals surface area contributed by atoms with E-state index in [9.17, 15) is 0 Å². The molecule has 0 aromatic heterocycles. The molecule has 0 heterocycles. The van der Waals surface area contributed by atoms with Crippen molar-refractivity contribution in [2.24, 2.45) is 5.16 Å². The van der Waals surface area contributed by atoms with Crippen LogP contribution in [0.15, 0.2) is 28.4 Å². The van der Waals surface area contributed by atoms with Crippen molar-refractivity contribution in [2.45, 2.75) is 44.9 Å². The first-order valence-electron chi connectivity index (χ1n) is 5.58. The molecule has 1 N–H and O–H groups in total. The maximum atomic E-state index is 8.80. The molecule has 0 aliphatic heterocycles. The first-order valence-corrected chi connectivity index (χ1v) is 5.96. The molecule has 0 bridgehead atoms. The smallest absolute Gasteiger partial charge is 0.0981 e. The van der Waals surface area contributed by atoms with Gasteiger partial charge in [0.2, 0.25) is 0 Å². The van der Waals surface area contributed by atoms with E-state index in [4.69, 9.17) is 16.8 Å². The fourth-order valence-corrected chi connectivity index (χ4v) is 1.85. The first-order chi connectivity index (χ1) is 7.34. The second kappa shape index (κ2) is 7.52. The second-order valence-corrected chi connectivity index (χ2v) is 4.20. The number of rotatable bonds is 0. The highest BCUT2D eigenvalue weighted by molar-refractivity contribution is 6.43. The lowest BCUT2D eigenvalue weighted by molar-refractivity contribution is 0.318. The maximum absolute atomic E-state index is 8.80. The third kappa shape index (κ3) is 5.03. The molecule has 2 nitrogen and oxygen atoms in total. The van der Waals surface area contributed by atoms with Crippen LogP contribution >= 0.6 is 11.6 Å². The van der Waals surface area contributed by atoms with E-state index in [0.717, 1.165) is 19.3 Å². The van der Waals surface area contributed by atoms with E-state index in [0.29, 0.717) is 10.7 Å². The fraction of sp³-hybridized carbons (Fsp3) is 0.583. The van der Waals surface area contributed by atoms with Crippen molar-refractivity contribution in [2.75, 3.05) is 0 Å². The lowest BCUT2D eigenvalue weighted by Crippen LogP contribution is -1.99. The van der Waals surface area contributed by atoms with Crippen molar-refractivity contribution in [1.29, 1.82) is 0 Å². The Morgan fingerprint density at radius 3 is 2.67 bits per heavy atom. The average Bonchev–Trinajstić information content (AvgIpc) is 2.23. The van der Waals surface area contributed by atoms with Gasteiger partial charge in [0.25, 0.3) is 0 Å². The Kier molecular flexibility index (Phi) is 6.17. The van der Waals surface area contributed by atoms with E-state index in [1.807, 2.05) is 6.08 Å². The Labute approximate surface area is 96.3 Å². The second-order valence-electron chi connectivity index (χ2n) is 3.80. The zero-order chi connectivity index (χ0) is 10.9. The van der Waals surface area contributed by atoms with Crippen LogP contribution in [0.25, 0.3) is 0 Å². The molecular formula is C12H18ClNO. The number of hydrogen-bond acceptors (Lipinski definition) is 2. The first kappa shape index (κ1) is 12.3. The van der Waals surface area contributed by atoms with Crippen LogP contribution in [0.3, 0.4) is 0 Å². The zero-order valence-electron chi connectivity index (χ0n) is 8.95. The van der Waals surface area contributed by atoms with Crippen molar-refractivity contribution in [3.05, 3.63) is 23.3 Å². The zero-order valence-corrected chi connectivity index (χ0v) is 9.71. The summed E-state index contributed by atoms with van der Waals surface area (Å²) in [4.78, 5) is 0. The molecule has 0 atom stereocenters. The molecule has 0 amide bonds. The van der Waals surface area contributed by atoms with Gasteiger partial charge >= 0.3 is 0 Å². The van der Waals surface area contributed by atoms with Gasteiger partial charge in [-0.25, -0.2) is 0 Å². The number of halogens is 1. The van der Waals surface area contributed by atoms with E-state index in [1.165, 1.54) is 25.7 Å². The minimum atomic E-state index is 0.550. The average molecular weight is 228 g/mol. The third-order valence-electron chi connectivity index (χ3n) is 2.56. The molecule has 1 rings (SSSR count). The molecule has 0 radical (unpaired) electrons. The normalized spacial score (nSPS) is 23.0. The highest BCUT2D eigenvalue weighted by Gasteiger charge is 2.04. The molecule has 0 aromatic carbocycles. The Morgan fingerprint density at radius 1 is 1.13 bits per heavy atom. The van der Waals surface area contributed by atoms with Crippen molar-refractivity contribution in [3.63, 3.8) is 0 Å². The van der Waals surface area contributed by atoms with Gasteiger partial charge in [-0.2, -0.15) is 0 Å². The van der Waals surface area contributed by atoms with E-state index in [1.54, 1.807) is 6.08 Å². The lowest BCUT2D eigenvalue weighted by atomic mass is 10.1. The van der Waals surface area contributed by atoms with Crippen LogP contribution < -0.4 is 0 Å². The molecule has 15 heavy (non-hydrogen) atoms. The molecule has 0 spiro atoms. The monoisotopic (exact) mass is 227 g/mol. The molecule has 0 saturated heterocycles. The third-order valence-corrected chi connectivity index (χ3v) is 2.90. The van der Waals surface area contributed by atoms with Crippen LogP contribution in [0.1, 0.15) is 44.9 Å². The molecule has 0 fully saturated rings. The highest BCUT2D eigenvalue weighted by atomic mass is 35.5. The maximum Gasteiger partial charge on any atom is 0.0981 e. The summed E-state index contributed by atoms with van der Waals surface area (Å²) in [5, 5.41) is 12.6. The molecule has 0 unspecified atom stereocenters. The lowest BCUT2D eigenvalue weighted by Gasteiger charge is -2.04. The highest BCUT2D eigenvalue weighted by Crippen LogP contribution is 2.15. The number of allylic oxidation sites excluding steroid dienone is 4. The largest absolute Gasteiger partial charge is 0.411 e. The summed E-state index contributed by atoms with van der Waals surface area (Å²) in [7, 11) is 0. The summed E-state index contributed by atoms with van der Waals surface area (Å²) in [6.45, 7) is 0. The SMILES string of the molecule is ON=C1CCCCCCCC=CC=C1Cl. The predicted molar refractivity (Wildman–Crippen MR) is 64.6 cm³/mol. The van der Waals surface area contributed by atoms with Gasteiger partial charge in [0.1, 0.15) is 0 Å². The minimum absolute atomic E-state index is 0.550. The van der Waals surface area contributed by atoms with E-state index in [2.05, 4.69) is 11.2 Å². The summed E-state index contributed by atoms with van der Waals surface area (Å²) < 4.78 is 0. The van der Waals surface area contributed by atoms with Gasteiger partial charge in [0, 0.05) is 0 Å². The molecule has 84 valence electrons. The standard InChI is InChI=1S/C12H18ClNO/c13-11-9-7-5-3-1-2-4-6-8-10-12(11)14-15/h5,7,9,15H,1-4,6,8,10H2. The fourth-order valence-electron chi connectivity index (χ4n) is 1.65. The molecule has 0 aromatic rings. The Morgan fingerprint density at radius 2 is 1.87 bits per heavy atom. The summed E-state index contributed by atoms with van der Waals surface area (Å²) >= 11 is 6.00. The van der Waals surface area contributed by atoms with Crippen molar-refractivity contribution in [3.8, 4) is 0 Å². The molecule has 1 aliphatic carbocycles. The van der Waals surface area contributed by atoms with E-state index >= 15 is 0 Å². The van der Waals surface area contributed by atoms with Crippen molar-refractivity contribution in [1.82, 2.24) is 0 Å². The van der Waals surface area contributed by atoms with Gasteiger partial charge in [0.15, 0.2) is 0 Å². The van der Waals surface area contributed by atoms with E-state index in [-0.39, 0.29) is 0 Å². The molecule has 0 saturated carbocycles. The van der Waals surface area contributed by atoms with Gasteiger partial charge in [0.05, 0.1) is 10.7 Å². The quantitative estimate of drug-likeness (QED) is 0.487. The van der Waals surface area contributed by atoms with Crippen LogP contribution in [0, 0.1) is 0 Å². The van der Waals surface area contributed by atoms with E-state index < -0.39 is 0 Å². The predicted octanol–water partition coefficient (Wildman–Crippen LogP) is 4.24. The van der Waals surface area contributed by atoms with Gasteiger partial charge in [-0.3, -0.25) is 0 Å². The van der Waals surface area contributed by atoms with Crippen LogP contribution in [0.5, 0.6) is 0 Å². The van der Waals surface area contributed by atoms with Gasteiger partial charge in [-0.1, -0.05) is 48.2 Å². The van der Waals surface area contributed by atoms with Crippen LogP contribution in [0.4, 0.5) is 0 Å². The Bertz CT molecular complexity index is 269. The molecule has 3 heteroatoms. The van der Waals surface area contributed by atoms with Crippen molar-refractivity contribution >= 4 is 17.3 Å². The summed E-state index contributed by atoms with van der Waals surface area (Å²) in [6.07, 6.45) is 13.8. The minimum Gasteiger partial charge on any atom is -0.411 e. The number of oxime groups is 1. The molecular weight excluding hydrogens is 210 g/mol. The van der Waals surface area contributed by atoms with Gasteiger partial charge in [-0.05, 0) is 31.8 Å². The number of hydrogen-bond donors (Lipinski definition) is 1. The van der Waals surface area contributed by atoms with Crippen LogP contribution in [-0.4, -0.2) is 10.9 Å². The number of nitrogens with zero attached hydrogens (tertiary/aromatic N) is 1. The van der Waals surface area contributed by atoms with Crippen LogP contribution in [0.2, 0.25) is 0 Å². The Hall–Kier alpha value is -0.760. The summed E-state index contributed by atoms with van der Waals surface area (Å²) in [6, 6.07) is 0. The van der Waals surface area contributed by atoms with Crippen LogP contribution in [-0.2, 0) is 0 Å².